The molecule has 84 valence electrons. The van der Waals surface area contributed by atoms with Crippen LogP contribution in [0.15, 0.2) is 6.07 Å². The van der Waals surface area contributed by atoms with Gasteiger partial charge in [0.15, 0.2) is 0 Å². The summed E-state index contributed by atoms with van der Waals surface area (Å²) >= 11 is 5.57. The van der Waals surface area contributed by atoms with Crippen molar-refractivity contribution in [3.63, 3.8) is 0 Å². The van der Waals surface area contributed by atoms with Gasteiger partial charge in [-0.15, -0.1) is 0 Å². The molecule has 0 unspecified atom stereocenters. The fourth-order valence-electron chi connectivity index (χ4n) is 1.07. The average Bonchev–Trinajstić information content (AvgIpc) is 2.20. The van der Waals surface area contributed by atoms with Crippen molar-refractivity contribution < 1.29 is 13.7 Å². The molecule has 5 nitrogen and oxygen atoms in total. The Bertz CT molecular complexity index is 473. The molecule has 0 atom stereocenters. The number of halogens is 3. The summed E-state index contributed by atoms with van der Waals surface area (Å²) in [5, 5.41) is 18.5. The van der Waals surface area contributed by atoms with Crippen LogP contribution >= 0.6 is 11.6 Å². The van der Waals surface area contributed by atoms with E-state index in [9.17, 15) is 18.9 Å². The zero-order valence-electron chi connectivity index (χ0n) is 7.65. The van der Waals surface area contributed by atoms with Crippen LogP contribution in [0.1, 0.15) is 17.7 Å². The zero-order chi connectivity index (χ0) is 12.3. The number of nitro groups is 1. The van der Waals surface area contributed by atoms with Crippen LogP contribution in [-0.2, 0) is 6.42 Å². The highest BCUT2D eigenvalue weighted by molar-refractivity contribution is 6.31. The normalized spacial score (nSPS) is 10.2. The van der Waals surface area contributed by atoms with Gasteiger partial charge in [-0.1, -0.05) is 11.6 Å². The van der Waals surface area contributed by atoms with E-state index in [1.807, 2.05) is 0 Å². The van der Waals surface area contributed by atoms with Gasteiger partial charge in [0, 0.05) is 5.56 Å². The monoisotopic (exact) mass is 247 g/mol. The summed E-state index contributed by atoms with van der Waals surface area (Å²) in [6.07, 6.45) is -3.38. The van der Waals surface area contributed by atoms with Crippen LogP contribution in [0, 0.1) is 21.4 Å². The molecule has 1 aromatic rings. The Morgan fingerprint density at radius 1 is 1.69 bits per heavy atom. The third kappa shape index (κ3) is 2.41. The summed E-state index contributed by atoms with van der Waals surface area (Å²) in [5.41, 5.74) is -0.995. The van der Waals surface area contributed by atoms with Crippen LogP contribution in [0.5, 0.6) is 0 Å². The maximum atomic E-state index is 12.5. The molecule has 0 fully saturated rings. The third-order valence-electron chi connectivity index (χ3n) is 1.74. The fraction of sp³-hybridized carbons (Fsp3) is 0.250. The van der Waals surface area contributed by atoms with Gasteiger partial charge in [-0.3, -0.25) is 0 Å². The van der Waals surface area contributed by atoms with E-state index < -0.39 is 22.9 Å². The summed E-state index contributed by atoms with van der Waals surface area (Å²) in [5.74, 6) is -0.762. The number of hydrogen-bond acceptors (Lipinski definition) is 4. The largest absolute Gasteiger partial charge is 0.365 e. The van der Waals surface area contributed by atoms with E-state index in [-0.39, 0.29) is 17.0 Å². The fourth-order valence-corrected chi connectivity index (χ4v) is 1.34. The first kappa shape index (κ1) is 12.3. The van der Waals surface area contributed by atoms with E-state index >= 15 is 0 Å². The highest BCUT2D eigenvalue weighted by Crippen LogP contribution is 2.30. The molecule has 0 aliphatic heterocycles. The van der Waals surface area contributed by atoms with Crippen LogP contribution in [0.4, 0.5) is 14.6 Å². The smallest absolute Gasteiger partial charge is 0.358 e. The molecule has 0 aliphatic carbocycles. The first-order valence-corrected chi connectivity index (χ1v) is 4.34. The van der Waals surface area contributed by atoms with Gasteiger partial charge < -0.3 is 10.1 Å². The number of pyridine rings is 1. The molecule has 0 N–H and O–H groups in total. The van der Waals surface area contributed by atoms with Crippen LogP contribution in [-0.4, -0.2) is 9.91 Å². The van der Waals surface area contributed by atoms with Crippen molar-refractivity contribution in [3.05, 3.63) is 32.5 Å². The molecule has 0 radical (unpaired) electrons. The van der Waals surface area contributed by atoms with Crippen molar-refractivity contribution in [2.45, 2.75) is 12.8 Å². The van der Waals surface area contributed by atoms with E-state index in [0.29, 0.717) is 0 Å². The standard InChI is InChI=1S/C8H4ClF2N3O2/c9-5-3-6(14(15)16)13-7(8(10)11)4(5)1-2-12/h3,8H,1H2. The minimum atomic E-state index is -3.01. The summed E-state index contributed by atoms with van der Waals surface area (Å²) in [7, 11) is 0. The molecule has 8 heteroatoms. The lowest BCUT2D eigenvalue weighted by Gasteiger charge is -2.03. The number of aromatic nitrogens is 1. The average molecular weight is 248 g/mol. The maximum Gasteiger partial charge on any atom is 0.365 e. The van der Waals surface area contributed by atoms with Gasteiger partial charge in [-0.05, 0) is 9.91 Å². The number of nitrogens with zero attached hydrogens (tertiary/aromatic N) is 3. The minimum Gasteiger partial charge on any atom is -0.358 e. The van der Waals surface area contributed by atoms with Gasteiger partial charge in [-0.2, -0.15) is 5.26 Å². The van der Waals surface area contributed by atoms with Gasteiger partial charge in [0.2, 0.25) is 5.69 Å². The highest BCUT2D eigenvalue weighted by Gasteiger charge is 2.26. The topological polar surface area (TPSA) is 79.8 Å². The SMILES string of the molecule is N#CCc1c(Cl)cc([N+](=O)[O-])nc1C(F)F. The first-order chi connectivity index (χ1) is 7.47. The predicted molar refractivity (Wildman–Crippen MR) is 50.2 cm³/mol. The molecule has 0 aliphatic rings. The number of nitriles is 1. The Morgan fingerprint density at radius 3 is 2.75 bits per heavy atom. The second kappa shape index (κ2) is 4.81. The molecule has 0 saturated heterocycles. The molecule has 0 aromatic carbocycles. The lowest BCUT2D eigenvalue weighted by Crippen LogP contribution is -2.03. The van der Waals surface area contributed by atoms with E-state index in [1.165, 1.54) is 0 Å². The van der Waals surface area contributed by atoms with Gasteiger partial charge in [-0.25, -0.2) is 8.78 Å². The van der Waals surface area contributed by atoms with Gasteiger partial charge in [0.05, 0.1) is 23.6 Å². The Labute approximate surface area is 93.4 Å². The molecular formula is C8H4ClF2N3O2. The van der Waals surface area contributed by atoms with Gasteiger partial charge >= 0.3 is 12.2 Å². The molecule has 0 bridgehead atoms. The van der Waals surface area contributed by atoms with Crippen molar-refractivity contribution in [1.82, 2.24) is 4.98 Å². The Balaban J connectivity index is 3.40. The lowest BCUT2D eigenvalue weighted by molar-refractivity contribution is -0.389. The summed E-state index contributed by atoms with van der Waals surface area (Å²) in [6, 6.07) is 2.49. The van der Waals surface area contributed by atoms with Gasteiger partial charge in [0.1, 0.15) is 0 Å². The quantitative estimate of drug-likeness (QED) is 0.607. The van der Waals surface area contributed by atoms with Crippen LogP contribution in [0.3, 0.4) is 0 Å². The summed E-state index contributed by atoms with van der Waals surface area (Å²) in [6.45, 7) is 0. The van der Waals surface area contributed by atoms with Crippen LogP contribution in [0.25, 0.3) is 0 Å². The van der Waals surface area contributed by atoms with E-state index in [1.54, 1.807) is 6.07 Å². The molecule has 0 saturated carbocycles. The van der Waals surface area contributed by atoms with Crippen molar-refractivity contribution >= 4 is 17.4 Å². The lowest BCUT2D eigenvalue weighted by atomic mass is 10.1. The Hall–Kier alpha value is -1.81. The predicted octanol–water partition coefficient (Wildman–Crippen LogP) is 2.65. The van der Waals surface area contributed by atoms with E-state index in [4.69, 9.17) is 16.9 Å². The van der Waals surface area contributed by atoms with Gasteiger partial charge in [0.25, 0.3) is 0 Å². The van der Waals surface area contributed by atoms with Crippen molar-refractivity contribution in [2.75, 3.05) is 0 Å². The third-order valence-corrected chi connectivity index (χ3v) is 2.08. The van der Waals surface area contributed by atoms with Crippen molar-refractivity contribution in [3.8, 4) is 6.07 Å². The molecule has 0 spiro atoms. The van der Waals surface area contributed by atoms with Crippen molar-refractivity contribution in [2.24, 2.45) is 0 Å². The van der Waals surface area contributed by atoms with E-state index in [2.05, 4.69) is 4.98 Å². The Morgan fingerprint density at radius 2 is 2.31 bits per heavy atom. The second-order valence-corrected chi connectivity index (χ2v) is 3.13. The number of hydrogen-bond donors (Lipinski definition) is 0. The molecule has 0 amide bonds. The highest BCUT2D eigenvalue weighted by atomic mass is 35.5. The molecule has 1 heterocycles. The van der Waals surface area contributed by atoms with Crippen molar-refractivity contribution in [1.29, 1.82) is 5.26 Å². The first-order valence-electron chi connectivity index (χ1n) is 3.96. The zero-order valence-corrected chi connectivity index (χ0v) is 8.41. The summed E-state index contributed by atoms with van der Waals surface area (Å²) in [4.78, 5) is 12.6. The van der Waals surface area contributed by atoms with Crippen LogP contribution in [0.2, 0.25) is 5.02 Å². The minimum absolute atomic E-state index is 0.176. The second-order valence-electron chi connectivity index (χ2n) is 2.72. The number of rotatable bonds is 3. The maximum absolute atomic E-state index is 12.5. The van der Waals surface area contributed by atoms with E-state index in [0.717, 1.165) is 6.07 Å². The molecule has 16 heavy (non-hydrogen) atoms. The molecule has 1 rings (SSSR count). The Kier molecular flexibility index (Phi) is 3.68. The van der Waals surface area contributed by atoms with Crippen LogP contribution < -0.4 is 0 Å². The molecule has 1 aromatic heterocycles. The number of alkyl halides is 2. The molecular weight excluding hydrogens is 244 g/mol. The summed E-state index contributed by atoms with van der Waals surface area (Å²) < 4.78 is 25.0.